The third kappa shape index (κ3) is 3.21. The number of aromatic nitrogens is 3. The third-order valence-corrected chi connectivity index (χ3v) is 6.12. The van der Waals surface area contributed by atoms with Crippen molar-refractivity contribution in [1.29, 1.82) is 0 Å². The first-order valence-corrected chi connectivity index (χ1v) is 10.3. The number of fused-ring (bicyclic) bond motifs is 3. The molecular formula is C22H17N5O2S. The summed E-state index contributed by atoms with van der Waals surface area (Å²) in [5, 5.41) is 16.2. The summed E-state index contributed by atoms with van der Waals surface area (Å²) in [5.74, 6) is 0. The molecular weight excluding hydrogens is 398 g/mol. The van der Waals surface area contributed by atoms with Crippen LogP contribution < -0.4 is 0 Å². The molecule has 0 amide bonds. The maximum atomic E-state index is 10.8. The van der Waals surface area contributed by atoms with E-state index in [4.69, 9.17) is 10.1 Å². The molecule has 7 nitrogen and oxygen atoms in total. The van der Waals surface area contributed by atoms with E-state index < -0.39 is 4.92 Å². The van der Waals surface area contributed by atoms with Crippen LogP contribution in [0.25, 0.3) is 16.9 Å². The fraction of sp³-hybridized carbons (Fsp3) is 0.136. The van der Waals surface area contributed by atoms with Crippen LogP contribution in [0.15, 0.2) is 59.6 Å². The third-order valence-electron chi connectivity index (χ3n) is 5.10. The Morgan fingerprint density at radius 2 is 1.90 bits per heavy atom. The van der Waals surface area contributed by atoms with E-state index >= 15 is 0 Å². The van der Waals surface area contributed by atoms with E-state index in [0.717, 1.165) is 41.0 Å². The van der Waals surface area contributed by atoms with E-state index in [1.807, 2.05) is 29.8 Å². The van der Waals surface area contributed by atoms with Crippen LogP contribution in [0, 0.1) is 17.0 Å². The SMILES string of the molecule is Cc1nn(-c2ccccc2)c2c1-c1nc(/N=C/c3ccc([N+](=O)[O-])cc3)sc1CC2. The predicted molar refractivity (Wildman–Crippen MR) is 117 cm³/mol. The highest BCUT2D eigenvalue weighted by Gasteiger charge is 2.27. The second kappa shape index (κ2) is 7.31. The van der Waals surface area contributed by atoms with Crippen molar-refractivity contribution in [3.63, 3.8) is 0 Å². The van der Waals surface area contributed by atoms with Crippen LogP contribution in [0.5, 0.6) is 0 Å². The number of hydrogen-bond acceptors (Lipinski definition) is 6. The van der Waals surface area contributed by atoms with Gasteiger partial charge in [-0.2, -0.15) is 5.10 Å². The van der Waals surface area contributed by atoms with Crippen molar-refractivity contribution in [3.8, 4) is 16.9 Å². The van der Waals surface area contributed by atoms with E-state index in [1.54, 1.807) is 29.7 Å². The van der Waals surface area contributed by atoms with Gasteiger partial charge >= 0.3 is 0 Å². The molecule has 0 unspecified atom stereocenters. The lowest BCUT2D eigenvalue weighted by Gasteiger charge is -2.13. The second-order valence-electron chi connectivity index (χ2n) is 7.03. The summed E-state index contributed by atoms with van der Waals surface area (Å²) >= 11 is 1.59. The number of nitrogens with zero attached hydrogens (tertiary/aromatic N) is 5. The molecule has 0 aliphatic heterocycles. The molecule has 2 aromatic carbocycles. The summed E-state index contributed by atoms with van der Waals surface area (Å²) in [4.78, 5) is 20.9. The van der Waals surface area contributed by atoms with Crippen molar-refractivity contribution < 1.29 is 4.92 Å². The zero-order valence-corrected chi connectivity index (χ0v) is 17.0. The van der Waals surface area contributed by atoms with Crippen molar-refractivity contribution in [2.45, 2.75) is 19.8 Å². The molecule has 148 valence electrons. The van der Waals surface area contributed by atoms with Crippen molar-refractivity contribution in [2.75, 3.05) is 0 Å². The van der Waals surface area contributed by atoms with Crippen molar-refractivity contribution in [2.24, 2.45) is 4.99 Å². The Labute approximate surface area is 176 Å². The molecule has 0 saturated heterocycles. The van der Waals surface area contributed by atoms with Gasteiger partial charge in [0.05, 0.1) is 27.7 Å². The molecule has 0 saturated carbocycles. The highest BCUT2D eigenvalue weighted by atomic mass is 32.1. The Morgan fingerprint density at radius 3 is 2.63 bits per heavy atom. The number of aryl methyl sites for hydroxylation is 2. The van der Waals surface area contributed by atoms with Crippen LogP contribution in [0.2, 0.25) is 0 Å². The first-order chi connectivity index (χ1) is 14.6. The summed E-state index contributed by atoms with van der Waals surface area (Å²) in [6, 6.07) is 16.5. The smallest absolute Gasteiger partial charge is 0.258 e. The van der Waals surface area contributed by atoms with Gasteiger partial charge < -0.3 is 0 Å². The van der Waals surface area contributed by atoms with Gasteiger partial charge in [0.2, 0.25) is 5.13 Å². The van der Waals surface area contributed by atoms with E-state index in [0.29, 0.717) is 5.13 Å². The topological polar surface area (TPSA) is 86.2 Å². The maximum absolute atomic E-state index is 10.8. The quantitative estimate of drug-likeness (QED) is 0.265. The lowest BCUT2D eigenvalue weighted by molar-refractivity contribution is -0.384. The van der Waals surface area contributed by atoms with E-state index in [2.05, 4.69) is 17.1 Å². The molecule has 0 spiro atoms. The van der Waals surface area contributed by atoms with Crippen LogP contribution in [-0.4, -0.2) is 25.9 Å². The second-order valence-corrected chi connectivity index (χ2v) is 8.09. The normalized spacial score (nSPS) is 12.7. The number of non-ortho nitro benzene ring substituents is 1. The Kier molecular flexibility index (Phi) is 4.48. The first-order valence-electron chi connectivity index (χ1n) is 9.52. The van der Waals surface area contributed by atoms with E-state index in [1.165, 1.54) is 22.7 Å². The molecule has 30 heavy (non-hydrogen) atoms. The zero-order chi connectivity index (χ0) is 20.7. The highest BCUT2D eigenvalue weighted by molar-refractivity contribution is 7.15. The molecule has 0 atom stereocenters. The van der Waals surface area contributed by atoms with Gasteiger partial charge in [0.1, 0.15) is 0 Å². The number of hydrogen-bond donors (Lipinski definition) is 0. The van der Waals surface area contributed by atoms with Crippen LogP contribution in [-0.2, 0) is 12.8 Å². The molecule has 0 radical (unpaired) electrons. The maximum Gasteiger partial charge on any atom is 0.269 e. The summed E-state index contributed by atoms with van der Waals surface area (Å²) in [6.45, 7) is 2.02. The predicted octanol–water partition coefficient (Wildman–Crippen LogP) is 5.06. The molecule has 0 N–H and O–H groups in total. The molecule has 1 aliphatic rings. The summed E-state index contributed by atoms with van der Waals surface area (Å²) in [7, 11) is 0. The molecule has 1 aliphatic carbocycles. The molecule has 4 aromatic rings. The number of rotatable bonds is 4. The van der Waals surface area contributed by atoms with Crippen LogP contribution in [0.3, 0.4) is 0 Å². The van der Waals surface area contributed by atoms with Gasteiger partial charge in [-0.15, -0.1) is 0 Å². The Morgan fingerprint density at radius 1 is 1.13 bits per heavy atom. The van der Waals surface area contributed by atoms with Crippen molar-refractivity contribution in [3.05, 3.63) is 86.5 Å². The van der Waals surface area contributed by atoms with Gasteiger partial charge in [-0.3, -0.25) is 10.1 Å². The molecule has 0 fully saturated rings. The number of aliphatic imine (C=N–C) groups is 1. The van der Waals surface area contributed by atoms with Crippen molar-refractivity contribution >= 4 is 28.4 Å². The van der Waals surface area contributed by atoms with Gasteiger partial charge in [-0.05, 0) is 49.6 Å². The Balaban J connectivity index is 1.47. The van der Waals surface area contributed by atoms with E-state index in [9.17, 15) is 10.1 Å². The number of nitro groups is 1. The fourth-order valence-corrected chi connectivity index (χ4v) is 4.61. The summed E-state index contributed by atoms with van der Waals surface area (Å²) in [5.41, 5.74) is 6.13. The minimum absolute atomic E-state index is 0.0651. The van der Waals surface area contributed by atoms with E-state index in [-0.39, 0.29) is 5.69 Å². The number of benzene rings is 2. The van der Waals surface area contributed by atoms with Crippen LogP contribution in [0.1, 0.15) is 21.8 Å². The van der Waals surface area contributed by atoms with Crippen LogP contribution in [0.4, 0.5) is 10.8 Å². The number of thiazole rings is 1. The minimum Gasteiger partial charge on any atom is -0.258 e. The van der Waals surface area contributed by atoms with Gasteiger partial charge in [0.25, 0.3) is 5.69 Å². The largest absolute Gasteiger partial charge is 0.269 e. The zero-order valence-electron chi connectivity index (χ0n) is 16.1. The molecule has 2 heterocycles. The molecule has 8 heteroatoms. The fourth-order valence-electron chi connectivity index (χ4n) is 3.70. The van der Waals surface area contributed by atoms with Gasteiger partial charge in [0.15, 0.2) is 0 Å². The summed E-state index contributed by atoms with van der Waals surface area (Å²) < 4.78 is 2.02. The van der Waals surface area contributed by atoms with Gasteiger partial charge in [-0.1, -0.05) is 29.5 Å². The minimum atomic E-state index is -0.411. The molecule has 5 rings (SSSR count). The first kappa shape index (κ1) is 18.4. The van der Waals surface area contributed by atoms with Crippen molar-refractivity contribution in [1.82, 2.24) is 14.8 Å². The Hall–Kier alpha value is -3.65. The average molecular weight is 415 g/mol. The monoisotopic (exact) mass is 415 g/mol. The highest BCUT2D eigenvalue weighted by Crippen LogP contribution is 2.41. The molecule has 2 aromatic heterocycles. The average Bonchev–Trinajstić information content (AvgIpc) is 3.33. The number of nitro benzene ring substituents is 1. The number of para-hydroxylation sites is 1. The van der Waals surface area contributed by atoms with Gasteiger partial charge in [0, 0.05) is 28.8 Å². The summed E-state index contributed by atoms with van der Waals surface area (Å²) in [6.07, 6.45) is 3.51. The lowest BCUT2D eigenvalue weighted by atomic mass is 9.98. The lowest BCUT2D eigenvalue weighted by Crippen LogP contribution is -2.07. The molecule has 0 bridgehead atoms. The Bertz CT molecular complexity index is 1270. The standard InChI is InChI=1S/C22H17N5O2S/c1-14-20-18(26(25-14)16-5-3-2-4-6-16)11-12-19-21(20)24-22(30-19)23-13-15-7-9-17(10-8-15)27(28)29/h2-10,13H,11-12H2,1H3/b23-13+. The van der Waals surface area contributed by atoms with Crippen LogP contribution >= 0.6 is 11.3 Å². The van der Waals surface area contributed by atoms with Gasteiger partial charge in [-0.25, -0.2) is 14.7 Å².